The summed E-state index contributed by atoms with van der Waals surface area (Å²) >= 11 is 1.51. The molecule has 2 amide bonds. The van der Waals surface area contributed by atoms with Crippen LogP contribution in [0.1, 0.15) is 67.6 Å². The van der Waals surface area contributed by atoms with Crippen molar-refractivity contribution in [2.75, 3.05) is 0 Å². The number of rotatable bonds is 8. The van der Waals surface area contributed by atoms with Gasteiger partial charge in [-0.15, -0.1) is 0 Å². The summed E-state index contributed by atoms with van der Waals surface area (Å²) in [6.07, 6.45) is 2.91. The zero-order valence-electron chi connectivity index (χ0n) is 18.2. The van der Waals surface area contributed by atoms with Crippen LogP contribution in [0.15, 0.2) is 48.5 Å². The number of amides is 2. The van der Waals surface area contributed by atoms with Crippen LogP contribution in [0.4, 0.5) is 4.39 Å². The van der Waals surface area contributed by atoms with Crippen molar-refractivity contribution in [1.82, 2.24) is 10.0 Å². The number of nitrogens with one attached hydrogen (secondary N) is 2. The molecule has 0 spiro atoms. The molecule has 2 aromatic rings. The molecule has 3 rings (SSSR count). The van der Waals surface area contributed by atoms with Gasteiger partial charge < -0.3 is 10.4 Å². The van der Waals surface area contributed by atoms with E-state index in [1.165, 1.54) is 36.9 Å². The molecule has 0 radical (unpaired) electrons. The number of hydrogen-bond donors (Lipinski definition) is 3. The second-order valence-electron chi connectivity index (χ2n) is 8.04. The maximum atomic E-state index is 12.1. The number of carbonyl (C=O) groups is 2. The molecule has 2 aromatic carbocycles. The first-order valence-corrected chi connectivity index (χ1v) is 11.4. The molecule has 5 nitrogen and oxygen atoms in total. The minimum Gasteiger partial charge on any atom is -0.392 e. The molecule has 7 heteroatoms. The van der Waals surface area contributed by atoms with Gasteiger partial charge in [0, 0.05) is 17.2 Å². The normalized spacial score (nSPS) is 13.7. The Morgan fingerprint density at radius 3 is 2.19 bits per heavy atom. The van der Waals surface area contributed by atoms with E-state index in [-0.39, 0.29) is 30.3 Å². The number of hydrogen-bond acceptors (Lipinski definition) is 4. The Kier molecular flexibility index (Phi) is 10.0. The second-order valence-corrected chi connectivity index (χ2v) is 9.15. The van der Waals surface area contributed by atoms with Crippen LogP contribution >= 0.6 is 11.9 Å². The Labute approximate surface area is 188 Å². The van der Waals surface area contributed by atoms with Gasteiger partial charge in [0.2, 0.25) is 5.91 Å². The fraction of sp³-hybridized carbons (Fsp3) is 0.417. The highest BCUT2D eigenvalue weighted by Gasteiger charge is 2.23. The number of halogens is 1. The highest BCUT2D eigenvalue weighted by Crippen LogP contribution is 2.32. The van der Waals surface area contributed by atoms with Crippen LogP contribution in [-0.4, -0.2) is 22.2 Å². The Balaban J connectivity index is 0.000000316. The summed E-state index contributed by atoms with van der Waals surface area (Å²) in [5.74, 6) is 0.0829. The third-order valence-electron chi connectivity index (χ3n) is 4.58. The van der Waals surface area contributed by atoms with Crippen LogP contribution in [0.25, 0.3) is 0 Å². The van der Waals surface area contributed by atoms with Gasteiger partial charge in [0.05, 0.1) is 12.6 Å². The van der Waals surface area contributed by atoms with Crippen molar-refractivity contribution in [3.8, 4) is 0 Å². The molecule has 168 valence electrons. The predicted molar refractivity (Wildman–Crippen MR) is 123 cm³/mol. The van der Waals surface area contributed by atoms with Crippen molar-refractivity contribution in [2.45, 2.75) is 57.9 Å². The summed E-state index contributed by atoms with van der Waals surface area (Å²) in [6.45, 7) is 5.98. The zero-order valence-corrected chi connectivity index (χ0v) is 19.0. The second kappa shape index (κ2) is 12.5. The number of aliphatic hydroxyl groups excluding tert-OH is 1. The van der Waals surface area contributed by atoms with Crippen molar-refractivity contribution in [3.63, 3.8) is 0 Å². The Hall–Kier alpha value is -2.38. The van der Waals surface area contributed by atoms with E-state index in [4.69, 9.17) is 5.11 Å². The lowest BCUT2D eigenvalue weighted by Crippen LogP contribution is -2.27. The van der Waals surface area contributed by atoms with Gasteiger partial charge in [-0.2, -0.15) is 0 Å². The van der Waals surface area contributed by atoms with E-state index in [9.17, 15) is 14.0 Å². The van der Waals surface area contributed by atoms with E-state index in [0.717, 1.165) is 11.1 Å². The number of aliphatic hydroxyl groups is 1. The minimum absolute atomic E-state index is 0.0275. The number of carbonyl (C=O) groups excluding carboxylic acids is 2. The lowest BCUT2D eigenvalue weighted by molar-refractivity contribution is -0.122. The molecule has 3 N–H and O–H groups in total. The Bertz CT molecular complexity index is 837. The van der Waals surface area contributed by atoms with Crippen LogP contribution in [0.5, 0.6) is 0 Å². The average molecular weight is 447 g/mol. The predicted octanol–water partition coefficient (Wildman–Crippen LogP) is 4.77. The maximum absolute atomic E-state index is 12.1. The van der Waals surface area contributed by atoms with E-state index in [1.54, 1.807) is 12.1 Å². The fourth-order valence-electron chi connectivity index (χ4n) is 2.65. The molecule has 31 heavy (non-hydrogen) atoms. The zero-order chi connectivity index (χ0) is 22.8. The molecule has 0 saturated heterocycles. The molecule has 1 aliphatic carbocycles. The van der Waals surface area contributed by atoms with Crippen LogP contribution in [0.2, 0.25) is 0 Å². The van der Waals surface area contributed by atoms with Crippen LogP contribution in [-0.2, 0) is 11.4 Å². The average Bonchev–Trinajstić information content (AvgIpc) is 3.57. The first-order chi connectivity index (χ1) is 14.8. The standard InChI is InChI=1S/C17H24N2O2S.C7H7FO/c1-11(2)10-16(20)18-12(3)13-4-6-14(7-5-13)17(21)19-22-15-8-9-15;8-7-3-1-6(5-9)2-4-7/h4-7,11-12,15H,8-10H2,1-3H3,(H,18,20)(H,19,21);1-4,9H,5H2. The van der Waals surface area contributed by atoms with Gasteiger partial charge in [-0.1, -0.05) is 38.1 Å². The third kappa shape index (κ3) is 9.53. The smallest absolute Gasteiger partial charge is 0.261 e. The van der Waals surface area contributed by atoms with Crippen LogP contribution in [0, 0.1) is 11.7 Å². The topological polar surface area (TPSA) is 78.4 Å². The molecular formula is C24H31FN2O3S. The SMILES string of the molecule is CC(C)CC(=O)NC(C)c1ccc(C(=O)NSC2CC2)cc1.OCc1ccc(F)cc1. The van der Waals surface area contributed by atoms with Crippen molar-refractivity contribution in [3.05, 3.63) is 71.0 Å². The molecule has 1 saturated carbocycles. The van der Waals surface area contributed by atoms with Crippen LogP contribution in [0.3, 0.4) is 0 Å². The summed E-state index contributed by atoms with van der Waals surface area (Å²) < 4.78 is 15.0. The number of benzene rings is 2. The summed E-state index contributed by atoms with van der Waals surface area (Å²) in [7, 11) is 0. The fourth-order valence-corrected chi connectivity index (χ4v) is 3.41. The van der Waals surface area contributed by atoms with Gasteiger partial charge in [-0.25, -0.2) is 4.39 Å². The summed E-state index contributed by atoms with van der Waals surface area (Å²) in [5, 5.41) is 12.1. The molecule has 1 fully saturated rings. The highest BCUT2D eigenvalue weighted by atomic mass is 32.2. The monoisotopic (exact) mass is 446 g/mol. The minimum atomic E-state index is -0.271. The van der Waals surface area contributed by atoms with E-state index in [2.05, 4.69) is 10.0 Å². The summed E-state index contributed by atoms with van der Waals surface area (Å²) in [5.41, 5.74) is 2.39. The van der Waals surface area contributed by atoms with Gasteiger partial charge >= 0.3 is 0 Å². The van der Waals surface area contributed by atoms with Crippen molar-refractivity contribution in [2.24, 2.45) is 5.92 Å². The van der Waals surface area contributed by atoms with E-state index >= 15 is 0 Å². The quantitative estimate of drug-likeness (QED) is 0.511. The van der Waals surface area contributed by atoms with Gasteiger partial charge in [0.1, 0.15) is 5.82 Å². The summed E-state index contributed by atoms with van der Waals surface area (Å²) in [4.78, 5) is 23.7. The van der Waals surface area contributed by atoms with Crippen LogP contribution < -0.4 is 10.0 Å². The molecule has 0 bridgehead atoms. The van der Waals surface area contributed by atoms with Crippen molar-refractivity contribution in [1.29, 1.82) is 0 Å². The first-order valence-electron chi connectivity index (χ1n) is 10.5. The third-order valence-corrected chi connectivity index (χ3v) is 5.69. The molecule has 1 atom stereocenters. The van der Waals surface area contributed by atoms with Gasteiger partial charge in [0.15, 0.2) is 0 Å². The van der Waals surface area contributed by atoms with Crippen molar-refractivity contribution < 1.29 is 19.1 Å². The summed E-state index contributed by atoms with van der Waals surface area (Å²) in [6, 6.07) is 13.1. The van der Waals surface area contributed by atoms with Gasteiger partial charge in [-0.05, 0) is 73.0 Å². The molecule has 0 heterocycles. The maximum Gasteiger partial charge on any atom is 0.261 e. The first kappa shape index (κ1) is 24.9. The molecule has 1 unspecified atom stereocenters. The lowest BCUT2D eigenvalue weighted by atomic mass is 10.0. The molecular weight excluding hydrogens is 415 g/mol. The van der Waals surface area contributed by atoms with Gasteiger partial charge in [-0.3, -0.25) is 14.3 Å². The van der Waals surface area contributed by atoms with E-state index in [0.29, 0.717) is 23.2 Å². The molecule has 0 aromatic heterocycles. The Morgan fingerprint density at radius 1 is 1.06 bits per heavy atom. The van der Waals surface area contributed by atoms with Crippen molar-refractivity contribution >= 4 is 23.8 Å². The highest BCUT2D eigenvalue weighted by molar-refractivity contribution is 7.98. The largest absolute Gasteiger partial charge is 0.392 e. The Morgan fingerprint density at radius 2 is 1.68 bits per heavy atom. The molecule has 0 aliphatic heterocycles. The van der Waals surface area contributed by atoms with E-state index in [1.807, 2.05) is 45.0 Å². The lowest BCUT2D eigenvalue weighted by Gasteiger charge is -2.15. The molecule has 1 aliphatic rings. The van der Waals surface area contributed by atoms with Gasteiger partial charge in [0.25, 0.3) is 5.91 Å². The van der Waals surface area contributed by atoms with E-state index < -0.39 is 0 Å².